The van der Waals surface area contributed by atoms with Gasteiger partial charge in [0.1, 0.15) is 0 Å². The zero-order chi connectivity index (χ0) is 10.8. The Morgan fingerprint density at radius 3 is 2.50 bits per heavy atom. The van der Waals surface area contributed by atoms with E-state index in [9.17, 15) is 8.42 Å². The van der Waals surface area contributed by atoms with Crippen LogP contribution in [0.1, 0.15) is 12.5 Å². The normalized spacial score (nSPS) is 11.4. The molecule has 0 bridgehead atoms. The molecule has 0 saturated heterocycles. The topological polar surface area (TPSA) is 37.4 Å². The predicted octanol–water partition coefficient (Wildman–Crippen LogP) is 1.64. The van der Waals surface area contributed by atoms with Crippen molar-refractivity contribution >= 4 is 15.7 Å². The lowest BCUT2D eigenvalue weighted by Crippen LogP contribution is -2.24. The van der Waals surface area contributed by atoms with E-state index in [-0.39, 0.29) is 0 Å². The summed E-state index contributed by atoms with van der Waals surface area (Å²) in [6.07, 6.45) is 2.11. The van der Waals surface area contributed by atoms with Gasteiger partial charge in [-0.15, -0.1) is 0 Å². The lowest BCUT2D eigenvalue weighted by atomic mass is 10.1. The Bertz CT molecular complexity index is 412. The third-order valence-corrected chi connectivity index (χ3v) is 3.39. The zero-order valence-electron chi connectivity index (χ0n) is 8.69. The van der Waals surface area contributed by atoms with Gasteiger partial charge in [-0.3, -0.25) is 4.31 Å². The lowest BCUT2D eigenvalue weighted by molar-refractivity contribution is 0.600. The molecule has 1 aromatic carbocycles. The lowest BCUT2D eigenvalue weighted by Gasteiger charge is -2.17. The van der Waals surface area contributed by atoms with Gasteiger partial charge in [-0.2, -0.15) is 0 Å². The molecular formula is C10H15NO2S. The van der Waals surface area contributed by atoms with E-state index >= 15 is 0 Å². The molecule has 0 heterocycles. The number of hydrogen-bond donors (Lipinski definition) is 0. The van der Waals surface area contributed by atoms with Crippen molar-refractivity contribution in [2.24, 2.45) is 0 Å². The van der Waals surface area contributed by atoms with Gasteiger partial charge in [0.25, 0.3) is 0 Å². The molecule has 0 aromatic heterocycles. The fourth-order valence-electron chi connectivity index (χ4n) is 1.16. The van der Waals surface area contributed by atoms with E-state index < -0.39 is 10.0 Å². The minimum Gasteiger partial charge on any atom is -0.274 e. The molecule has 3 nitrogen and oxygen atoms in total. The van der Waals surface area contributed by atoms with Gasteiger partial charge >= 0.3 is 0 Å². The number of sulfonamides is 1. The molecule has 14 heavy (non-hydrogen) atoms. The van der Waals surface area contributed by atoms with E-state index in [1.807, 2.05) is 25.1 Å². The Morgan fingerprint density at radius 2 is 2.00 bits per heavy atom. The third-order valence-electron chi connectivity index (χ3n) is 2.18. The average molecular weight is 213 g/mol. The number of nitrogens with zero attached hydrogens (tertiary/aromatic N) is 1. The molecule has 4 heteroatoms. The van der Waals surface area contributed by atoms with Crippen LogP contribution in [0, 0.1) is 0 Å². The number of rotatable bonds is 3. The van der Waals surface area contributed by atoms with E-state index in [0.717, 1.165) is 12.0 Å². The second kappa shape index (κ2) is 4.00. The summed E-state index contributed by atoms with van der Waals surface area (Å²) in [5.41, 5.74) is 1.85. The van der Waals surface area contributed by atoms with Crippen LogP contribution in [-0.4, -0.2) is 21.7 Å². The van der Waals surface area contributed by atoms with E-state index in [4.69, 9.17) is 0 Å². The fraction of sp³-hybridized carbons (Fsp3) is 0.400. The summed E-state index contributed by atoms with van der Waals surface area (Å²) < 4.78 is 23.8. The van der Waals surface area contributed by atoms with Crippen LogP contribution in [0.25, 0.3) is 0 Å². The van der Waals surface area contributed by atoms with Crippen molar-refractivity contribution in [3.05, 3.63) is 29.8 Å². The second-order valence-electron chi connectivity index (χ2n) is 3.25. The molecule has 0 aliphatic carbocycles. The first-order chi connectivity index (χ1) is 6.45. The molecular weight excluding hydrogens is 198 g/mol. The molecule has 1 rings (SSSR count). The first-order valence-corrected chi connectivity index (χ1v) is 6.33. The van der Waals surface area contributed by atoms with Gasteiger partial charge in [0.2, 0.25) is 10.0 Å². The minimum atomic E-state index is -3.15. The molecule has 0 N–H and O–H groups in total. The highest BCUT2D eigenvalue weighted by Gasteiger charge is 2.11. The maximum atomic E-state index is 11.3. The maximum Gasteiger partial charge on any atom is 0.231 e. The van der Waals surface area contributed by atoms with Crippen LogP contribution in [-0.2, 0) is 16.4 Å². The van der Waals surface area contributed by atoms with Crippen molar-refractivity contribution in [1.29, 1.82) is 0 Å². The largest absolute Gasteiger partial charge is 0.274 e. The summed E-state index contributed by atoms with van der Waals surface area (Å²) in [7, 11) is -1.59. The van der Waals surface area contributed by atoms with Gasteiger partial charge in [0.05, 0.1) is 11.9 Å². The van der Waals surface area contributed by atoms with Crippen LogP contribution < -0.4 is 4.31 Å². The quantitative estimate of drug-likeness (QED) is 0.765. The molecule has 78 valence electrons. The summed E-state index contributed by atoms with van der Waals surface area (Å²) in [5, 5.41) is 0. The van der Waals surface area contributed by atoms with Gasteiger partial charge < -0.3 is 0 Å². The van der Waals surface area contributed by atoms with E-state index in [0.29, 0.717) is 5.69 Å². The second-order valence-corrected chi connectivity index (χ2v) is 5.27. The smallest absolute Gasteiger partial charge is 0.231 e. The molecule has 0 amide bonds. The van der Waals surface area contributed by atoms with Crippen molar-refractivity contribution in [2.45, 2.75) is 13.3 Å². The van der Waals surface area contributed by atoms with Crippen molar-refractivity contribution in [3.63, 3.8) is 0 Å². The summed E-state index contributed by atoms with van der Waals surface area (Å²) in [4.78, 5) is 0. The van der Waals surface area contributed by atoms with Crippen LogP contribution in [0.3, 0.4) is 0 Å². The van der Waals surface area contributed by atoms with Crippen LogP contribution in [0.4, 0.5) is 5.69 Å². The highest BCUT2D eigenvalue weighted by atomic mass is 32.2. The van der Waals surface area contributed by atoms with E-state index in [1.165, 1.54) is 10.6 Å². The number of aryl methyl sites for hydroxylation is 1. The fourth-order valence-corrected chi connectivity index (χ4v) is 1.66. The van der Waals surface area contributed by atoms with Gasteiger partial charge in [0.15, 0.2) is 0 Å². The van der Waals surface area contributed by atoms with Gasteiger partial charge in [-0.1, -0.05) is 19.1 Å². The molecule has 0 spiro atoms. The van der Waals surface area contributed by atoms with Gasteiger partial charge in [0, 0.05) is 7.05 Å². The SMILES string of the molecule is CCc1cccc(N(C)S(C)(=O)=O)c1. The van der Waals surface area contributed by atoms with Crippen molar-refractivity contribution in [3.8, 4) is 0 Å². The first-order valence-electron chi connectivity index (χ1n) is 4.48. The first kappa shape index (κ1) is 11.0. The summed E-state index contributed by atoms with van der Waals surface area (Å²) in [5.74, 6) is 0. The van der Waals surface area contributed by atoms with Crippen LogP contribution in [0.5, 0.6) is 0 Å². The maximum absolute atomic E-state index is 11.3. The molecule has 0 aliphatic heterocycles. The predicted molar refractivity (Wildman–Crippen MR) is 59.1 cm³/mol. The minimum absolute atomic E-state index is 0.715. The molecule has 0 aliphatic rings. The number of anilines is 1. The Balaban J connectivity index is 3.08. The Hall–Kier alpha value is -1.03. The Morgan fingerprint density at radius 1 is 1.36 bits per heavy atom. The summed E-state index contributed by atoms with van der Waals surface area (Å²) in [6, 6.07) is 7.54. The molecule has 0 unspecified atom stereocenters. The van der Waals surface area contributed by atoms with Crippen LogP contribution >= 0.6 is 0 Å². The molecule has 1 aromatic rings. The summed E-state index contributed by atoms with van der Waals surface area (Å²) in [6.45, 7) is 2.04. The highest BCUT2D eigenvalue weighted by molar-refractivity contribution is 7.92. The summed E-state index contributed by atoms with van der Waals surface area (Å²) >= 11 is 0. The standard InChI is InChI=1S/C10H15NO2S/c1-4-9-6-5-7-10(8-9)11(2)14(3,12)13/h5-8H,4H2,1-3H3. The molecule has 0 atom stereocenters. The number of benzene rings is 1. The monoisotopic (exact) mass is 213 g/mol. The number of hydrogen-bond acceptors (Lipinski definition) is 2. The van der Waals surface area contributed by atoms with E-state index in [1.54, 1.807) is 13.1 Å². The molecule has 0 fully saturated rings. The molecule has 0 saturated carbocycles. The zero-order valence-corrected chi connectivity index (χ0v) is 9.50. The Kier molecular flexibility index (Phi) is 3.16. The van der Waals surface area contributed by atoms with Crippen molar-refractivity contribution in [2.75, 3.05) is 17.6 Å². The van der Waals surface area contributed by atoms with E-state index in [2.05, 4.69) is 0 Å². The van der Waals surface area contributed by atoms with Gasteiger partial charge in [-0.25, -0.2) is 8.42 Å². The highest BCUT2D eigenvalue weighted by Crippen LogP contribution is 2.17. The average Bonchev–Trinajstić information content (AvgIpc) is 2.15. The van der Waals surface area contributed by atoms with Crippen molar-refractivity contribution in [1.82, 2.24) is 0 Å². The van der Waals surface area contributed by atoms with Gasteiger partial charge in [-0.05, 0) is 24.1 Å². The van der Waals surface area contributed by atoms with Crippen LogP contribution in [0.15, 0.2) is 24.3 Å². The molecule has 0 radical (unpaired) electrons. The third kappa shape index (κ3) is 2.48. The Labute approximate surface area is 85.4 Å². The van der Waals surface area contributed by atoms with Crippen molar-refractivity contribution < 1.29 is 8.42 Å². The van der Waals surface area contributed by atoms with Crippen LogP contribution in [0.2, 0.25) is 0 Å².